The first-order valence-electron chi connectivity index (χ1n) is 6.06. The minimum atomic E-state index is -1.72. The molecule has 0 radical (unpaired) electrons. The second-order valence-electron chi connectivity index (χ2n) is 6.32. The fourth-order valence-corrected chi connectivity index (χ4v) is 2.71. The molecule has 17 heavy (non-hydrogen) atoms. The van der Waals surface area contributed by atoms with Crippen molar-refractivity contribution < 1.29 is 20.8 Å². The Morgan fingerprint density at radius 1 is 1.41 bits per heavy atom. The summed E-state index contributed by atoms with van der Waals surface area (Å²) in [5, 5.41) is 0.222. The van der Waals surface area contributed by atoms with Gasteiger partial charge in [0.05, 0.1) is 6.10 Å². The third-order valence-corrected chi connectivity index (χ3v) is 8.39. The van der Waals surface area contributed by atoms with Crippen molar-refractivity contribution in [1.82, 2.24) is 0 Å². The van der Waals surface area contributed by atoms with Crippen LogP contribution in [0.2, 0.25) is 18.1 Å². The first kappa shape index (κ1) is 17.8. The molecule has 94 valence electrons. The van der Waals surface area contributed by atoms with E-state index in [1.807, 2.05) is 0 Å². The van der Waals surface area contributed by atoms with E-state index in [1.54, 1.807) is 0 Å². The van der Waals surface area contributed by atoms with Gasteiger partial charge in [-0.2, -0.15) is 0 Å². The molecule has 1 aliphatic rings. The molecule has 0 aliphatic heterocycles. The molecule has 1 fully saturated rings. The molecule has 0 heterocycles. The van der Waals surface area contributed by atoms with Gasteiger partial charge in [0.25, 0.3) is 0 Å². The van der Waals surface area contributed by atoms with E-state index in [1.165, 1.54) is 22.8 Å². The van der Waals surface area contributed by atoms with Gasteiger partial charge in [-0.05, 0) is 36.4 Å². The van der Waals surface area contributed by atoms with Crippen LogP contribution in [0, 0.1) is 24.2 Å². The summed E-state index contributed by atoms with van der Waals surface area (Å²) in [4.78, 5) is 0. The van der Waals surface area contributed by atoms with Crippen LogP contribution >= 0.6 is 13.6 Å². The van der Waals surface area contributed by atoms with Crippen molar-refractivity contribution >= 4 is 21.9 Å². The van der Waals surface area contributed by atoms with Crippen LogP contribution in [0.1, 0.15) is 34.1 Å². The summed E-state index contributed by atoms with van der Waals surface area (Å²) in [5.41, 5.74) is 0. The van der Waals surface area contributed by atoms with Crippen LogP contribution in [0.3, 0.4) is 0 Å². The van der Waals surface area contributed by atoms with E-state index in [2.05, 4.69) is 60.3 Å². The van der Waals surface area contributed by atoms with Crippen molar-refractivity contribution in [3.8, 4) is 5.92 Å². The summed E-state index contributed by atoms with van der Waals surface area (Å²) in [6.07, 6.45) is 8.50. The summed E-state index contributed by atoms with van der Waals surface area (Å²) >= 11 is 4.25. The van der Waals surface area contributed by atoms with E-state index < -0.39 is 8.32 Å². The van der Waals surface area contributed by atoms with Gasteiger partial charge >= 0.3 is 30.0 Å². The molecule has 4 heteroatoms. The molecule has 0 bridgehead atoms. The molecule has 0 spiro atoms. The van der Waals surface area contributed by atoms with Crippen molar-refractivity contribution in [3.05, 3.63) is 6.42 Å². The summed E-state index contributed by atoms with van der Waals surface area (Å²) in [6, 6.07) is 0. The van der Waals surface area contributed by atoms with Gasteiger partial charge < -0.3 is 16.8 Å². The molecular formula is C13H23BrOSiZn. The molecular weight excluding hydrogens is 346 g/mol. The molecule has 1 saturated carbocycles. The Morgan fingerprint density at radius 3 is 2.06 bits per heavy atom. The summed E-state index contributed by atoms with van der Waals surface area (Å²) in [5.74, 6) is 3.86. The summed E-state index contributed by atoms with van der Waals surface area (Å²) in [6.45, 7) is 13.4. The van der Waals surface area contributed by atoms with Crippen molar-refractivity contribution in [2.75, 3.05) is 0 Å². The Kier molecular flexibility index (Phi) is 7.19. The molecule has 0 aromatic carbocycles. The van der Waals surface area contributed by atoms with Gasteiger partial charge in [-0.25, -0.2) is 0 Å². The van der Waals surface area contributed by atoms with E-state index in [9.17, 15) is 0 Å². The molecule has 0 aromatic rings. The van der Waals surface area contributed by atoms with E-state index >= 15 is 0 Å². The Bertz CT molecular complexity index is 280. The Labute approximate surface area is 125 Å². The zero-order valence-corrected chi connectivity index (χ0v) is 17.5. The molecule has 1 nitrogen and oxygen atoms in total. The number of rotatable bonds is 3. The molecule has 1 aliphatic carbocycles. The number of hydrogen-bond donors (Lipinski definition) is 0. The molecule has 0 amide bonds. The SMILES string of the molecule is [C-]#C[C@H](O[Si](C)(C)C(C)(C)C)[C@@H]1C[C@H]1C.[Zn+][Br]. The average Bonchev–Trinajstić information content (AvgIpc) is 2.93. The zero-order valence-electron chi connectivity index (χ0n) is 11.9. The van der Waals surface area contributed by atoms with Crippen molar-refractivity contribution in [1.29, 1.82) is 0 Å². The fourth-order valence-electron chi connectivity index (χ4n) is 1.49. The van der Waals surface area contributed by atoms with Gasteiger partial charge in [-0.3, -0.25) is 0 Å². The molecule has 0 N–H and O–H groups in total. The third kappa shape index (κ3) is 5.15. The normalized spacial score (nSPS) is 25.4. The molecule has 0 saturated heterocycles. The first-order valence-corrected chi connectivity index (χ1v) is 15.9. The van der Waals surface area contributed by atoms with Crippen molar-refractivity contribution in [2.24, 2.45) is 11.8 Å². The van der Waals surface area contributed by atoms with Gasteiger partial charge in [0.2, 0.25) is 0 Å². The van der Waals surface area contributed by atoms with Crippen LogP contribution in [0.15, 0.2) is 0 Å². The second kappa shape index (κ2) is 6.85. The van der Waals surface area contributed by atoms with Crippen LogP contribution in [0.25, 0.3) is 0 Å². The van der Waals surface area contributed by atoms with Crippen molar-refractivity contribution in [2.45, 2.75) is 58.4 Å². The van der Waals surface area contributed by atoms with Gasteiger partial charge in [-0.15, -0.1) is 0 Å². The van der Waals surface area contributed by atoms with Crippen molar-refractivity contribution in [3.63, 3.8) is 0 Å². The van der Waals surface area contributed by atoms with Gasteiger partial charge in [0, 0.05) is 0 Å². The van der Waals surface area contributed by atoms with E-state index in [-0.39, 0.29) is 11.1 Å². The minimum absolute atomic E-state index is 0.0547. The fraction of sp³-hybridized carbons (Fsp3) is 0.846. The molecule has 3 atom stereocenters. The average molecular weight is 369 g/mol. The summed E-state index contributed by atoms with van der Waals surface area (Å²) in [7, 11) is -1.72. The van der Waals surface area contributed by atoms with Crippen LogP contribution in [-0.2, 0) is 20.8 Å². The van der Waals surface area contributed by atoms with Crippen LogP contribution in [-0.4, -0.2) is 14.4 Å². The first-order chi connectivity index (χ1) is 7.69. The predicted molar refractivity (Wildman–Crippen MR) is 75.4 cm³/mol. The molecule has 0 unspecified atom stereocenters. The van der Waals surface area contributed by atoms with Crippen LogP contribution in [0.5, 0.6) is 0 Å². The number of halogens is 1. The molecule has 1 rings (SSSR count). The standard InChI is InChI=1S/C13H23OSi.BrH.Zn/c1-8-12(11-9-10(11)2)14-15(6,7)13(3,4)5;;/h10-12H,9H2,2-7H3;1H;/q-1;;+2/p-1/t10-,11-,12+;;/m1../s1. The Morgan fingerprint density at radius 2 is 1.82 bits per heavy atom. The van der Waals surface area contributed by atoms with Gasteiger partial charge in [0.1, 0.15) is 0 Å². The maximum absolute atomic E-state index is 7.35. The maximum atomic E-state index is 7.35. The topological polar surface area (TPSA) is 9.23 Å². The van der Waals surface area contributed by atoms with Crippen LogP contribution < -0.4 is 0 Å². The van der Waals surface area contributed by atoms with E-state index in [4.69, 9.17) is 10.8 Å². The monoisotopic (exact) mass is 366 g/mol. The number of hydrogen-bond acceptors (Lipinski definition) is 1. The van der Waals surface area contributed by atoms with Gasteiger partial charge in [0.15, 0.2) is 8.32 Å². The predicted octanol–water partition coefficient (Wildman–Crippen LogP) is 4.47. The summed E-state index contributed by atoms with van der Waals surface area (Å²) < 4.78 is 6.19. The molecule has 0 aromatic heterocycles. The Hall–Kier alpha value is 0.840. The van der Waals surface area contributed by atoms with Gasteiger partial charge in [-0.1, -0.05) is 27.7 Å². The van der Waals surface area contributed by atoms with E-state index in [0.717, 1.165) is 5.92 Å². The Balaban J connectivity index is 0.00000121. The quantitative estimate of drug-likeness (QED) is 0.406. The third-order valence-electron chi connectivity index (χ3n) is 3.93. The van der Waals surface area contributed by atoms with Crippen LogP contribution in [0.4, 0.5) is 0 Å². The zero-order chi connectivity index (χ0) is 13.9. The second-order valence-corrected chi connectivity index (χ2v) is 11.1. The van der Waals surface area contributed by atoms with E-state index in [0.29, 0.717) is 5.92 Å².